The molecule has 0 amide bonds. The molecule has 4 heteroatoms. The van der Waals surface area contributed by atoms with Crippen LogP contribution in [0.2, 0.25) is 0 Å². The van der Waals surface area contributed by atoms with Crippen molar-refractivity contribution < 1.29 is 8.78 Å². The summed E-state index contributed by atoms with van der Waals surface area (Å²) >= 11 is 3.14. The van der Waals surface area contributed by atoms with E-state index in [0.29, 0.717) is 10.2 Å². The van der Waals surface area contributed by atoms with Crippen LogP contribution in [0.3, 0.4) is 0 Å². The molecule has 1 aromatic carbocycles. The largest absolute Gasteiger partial charge is 0.382 e. The average Bonchev–Trinajstić information content (AvgIpc) is 2.93. The molecule has 0 saturated heterocycles. The zero-order valence-corrected chi connectivity index (χ0v) is 9.78. The molecule has 1 fully saturated rings. The summed E-state index contributed by atoms with van der Waals surface area (Å²) in [5.74, 6) is -0.301. The van der Waals surface area contributed by atoms with Crippen molar-refractivity contribution in [2.75, 3.05) is 11.9 Å². The van der Waals surface area contributed by atoms with Gasteiger partial charge in [-0.1, -0.05) is 12.8 Å². The molecule has 15 heavy (non-hydrogen) atoms. The van der Waals surface area contributed by atoms with Crippen LogP contribution in [0.15, 0.2) is 16.6 Å². The molecule has 0 spiro atoms. The number of hydrogen-bond acceptors (Lipinski definition) is 1. The first kappa shape index (κ1) is 10.9. The van der Waals surface area contributed by atoms with Crippen LogP contribution in [-0.2, 0) is 0 Å². The molecule has 1 aliphatic rings. The van der Waals surface area contributed by atoms with Crippen LogP contribution in [0.4, 0.5) is 14.5 Å². The maximum atomic E-state index is 13.3. The SMILES string of the molecule is Fc1cc(F)c(NCCC2CC2)c(Br)c1. The monoisotopic (exact) mass is 275 g/mol. The Labute approximate surface area is 96.0 Å². The maximum Gasteiger partial charge on any atom is 0.150 e. The van der Waals surface area contributed by atoms with Gasteiger partial charge in [-0.25, -0.2) is 8.78 Å². The van der Waals surface area contributed by atoms with Gasteiger partial charge in [0.1, 0.15) is 11.6 Å². The van der Waals surface area contributed by atoms with E-state index in [4.69, 9.17) is 0 Å². The number of nitrogens with one attached hydrogen (secondary N) is 1. The van der Waals surface area contributed by atoms with E-state index in [0.717, 1.165) is 24.9 Å². The second kappa shape index (κ2) is 4.47. The van der Waals surface area contributed by atoms with Gasteiger partial charge in [0.2, 0.25) is 0 Å². The summed E-state index contributed by atoms with van der Waals surface area (Å²) < 4.78 is 26.5. The third kappa shape index (κ3) is 2.91. The van der Waals surface area contributed by atoms with Gasteiger partial charge in [-0.05, 0) is 34.3 Å². The molecule has 1 aromatic rings. The fourth-order valence-electron chi connectivity index (χ4n) is 1.52. The number of halogens is 3. The van der Waals surface area contributed by atoms with Crippen molar-refractivity contribution in [2.45, 2.75) is 19.3 Å². The highest BCUT2D eigenvalue weighted by atomic mass is 79.9. The smallest absolute Gasteiger partial charge is 0.150 e. The molecule has 0 radical (unpaired) electrons. The summed E-state index contributed by atoms with van der Waals surface area (Å²) in [6.07, 6.45) is 3.63. The topological polar surface area (TPSA) is 12.0 Å². The summed E-state index contributed by atoms with van der Waals surface area (Å²) in [7, 11) is 0. The lowest BCUT2D eigenvalue weighted by Crippen LogP contribution is -2.05. The van der Waals surface area contributed by atoms with Gasteiger partial charge in [-0.2, -0.15) is 0 Å². The van der Waals surface area contributed by atoms with Gasteiger partial charge in [-0.15, -0.1) is 0 Å². The third-order valence-electron chi connectivity index (χ3n) is 2.56. The van der Waals surface area contributed by atoms with Crippen LogP contribution < -0.4 is 5.32 Å². The highest BCUT2D eigenvalue weighted by molar-refractivity contribution is 9.10. The third-order valence-corrected chi connectivity index (χ3v) is 3.18. The summed E-state index contributed by atoms with van der Waals surface area (Å²) in [5.41, 5.74) is 0.358. The predicted molar refractivity (Wildman–Crippen MR) is 59.9 cm³/mol. The first-order valence-electron chi connectivity index (χ1n) is 5.05. The van der Waals surface area contributed by atoms with E-state index >= 15 is 0 Å². The van der Waals surface area contributed by atoms with Gasteiger partial charge in [-0.3, -0.25) is 0 Å². The summed E-state index contributed by atoms with van der Waals surface area (Å²) in [5, 5.41) is 2.99. The Bertz CT molecular complexity index is 341. The van der Waals surface area contributed by atoms with Crippen LogP contribution in [0.1, 0.15) is 19.3 Å². The van der Waals surface area contributed by atoms with Crippen LogP contribution in [-0.4, -0.2) is 6.54 Å². The Morgan fingerprint density at radius 2 is 2.07 bits per heavy atom. The molecule has 0 aromatic heterocycles. The molecule has 1 aliphatic carbocycles. The number of rotatable bonds is 4. The van der Waals surface area contributed by atoms with E-state index in [2.05, 4.69) is 21.2 Å². The van der Waals surface area contributed by atoms with Crippen molar-refractivity contribution in [1.82, 2.24) is 0 Å². The van der Waals surface area contributed by atoms with Gasteiger partial charge in [0.25, 0.3) is 0 Å². The fourth-order valence-corrected chi connectivity index (χ4v) is 2.07. The minimum Gasteiger partial charge on any atom is -0.382 e. The Morgan fingerprint density at radius 1 is 1.33 bits per heavy atom. The summed E-state index contributed by atoms with van der Waals surface area (Å²) in [6.45, 7) is 0.742. The molecule has 1 N–H and O–H groups in total. The molecule has 0 heterocycles. The maximum absolute atomic E-state index is 13.3. The van der Waals surface area contributed by atoms with Gasteiger partial charge in [0.15, 0.2) is 0 Å². The second-order valence-corrected chi connectivity index (χ2v) is 4.76. The van der Waals surface area contributed by atoms with Crippen molar-refractivity contribution in [3.05, 3.63) is 28.2 Å². The lowest BCUT2D eigenvalue weighted by molar-refractivity contribution is 0.583. The zero-order valence-electron chi connectivity index (χ0n) is 8.19. The van der Waals surface area contributed by atoms with Crippen molar-refractivity contribution in [1.29, 1.82) is 0 Å². The van der Waals surface area contributed by atoms with Crippen LogP contribution in [0, 0.1) is 17.6 Å². The minimum atomic E-state index is -0.563. The van der Waals surface area contributed by atoms with Crippen LogP contribution in [0.25, 0.3) is 0 Å². The minimum absolute atomic E-state index is 0.358. The van der Waals surface area contributed by atoms with Crippen LogP contribution >= 0.6 is 15.9 Å². The lowest BCUT2D eigenvalue weighted by atomic mass is 10.2. The molecule has 2 rings (SSSR count). The lowest BCUT2D eigenvalue weighted by Gasteiger charge is -2.09. The highest BCUT2D eigenvalue weighted by Crippen LogP contribution is 2.33. The molecule has 0 atom stereocenters. The number of anilines is 1. The van der Waals surface area contributed by atoms with E-state index in [1.54, 1.807) is 0 Å². The van der Waals surface area contributed by atoms with Crippen LogP contribution in [0.5, 0.6) is 0 Å². The summed E-state index contributed by atoms with van der Waals surface area (Å²) in [4.78, 5) is 0. The Morgan fingerprint density at radius 3 is 2.67 bits per heavy atom. The average molecular weight is 276 g/mol. The number of benzene rings is 1. The molecule has 1 nitrogen and oxygen atoms in total. The molecule has 0 aliphatic heterocycles. The Kier molecular flexibility index (Phi) is 3.24. The van der Waals surface area contributed by atoms with Gasteiger partial charge < -0.3 is 5.32 Å². The van der Waals surface area contributed by atoms with Crippen molar-refractivity contribution in [2.24, 2.45) is 5.92 Å². The predicted octanol–water partition coefficient (Wildman–Crippen LogP) is 3.94. The standard InChI is InChI=1S/C11H12BrF2N/c12-9-5-8(13)6-10(14)11(9)15-4-3-7-1-2-7/h5-7,15H,1-4H2. The van der Waals surface area contributed by atoms with E-state index in [1.807, 2.05) is 0 Å². The molecular weight excluding hydrogens is 264 g/mol. The first-order valence-corrected chi connectivity index (χ1v) is 5.84. The van der Waals surface area contributed by atoms with E-state index in [-0.39, 0.29) is 0 Å². The fraction of sp³-hybridized carbons (Fsp3) is 0.455. The van der Waals surface area contributed by atoms with E-state index in [1.165, 1.54) is 18.9 Å². The molecule has 0 unspecified atom stereocenters. The van der Waals surface area contributed by atoms with Crippen molar-refractivity contribution in [3.63, 3.8) is 0 Å². The quantitative estimate of drug-likeness (QED) is 0.878. The van der Waals surface area contributed by atoms with E-state index < -0.39 is 11.6 Å². The first-order chi connectivity index (χ1) is 7.16. The van der Waals surface area contributed by atoms with Gasteiger partial charge in [0, 0.05) is 17.1 Å². The summed E-state index contributed by atoms with van der Waals surface area (Å²) in [6, 6.07) is 2.16. The van der Waals surface area contributed by atoms with Crippen molar-refractivity contribution >= 4 is 21.6 Å². The zero-order chi connectivity index (χ0) is 10.8. The van der Waals surface area contributed by atoms with Crippen molar-refractivity contribution in [3.8, 4) is 0 Å². The van der Waals surface area contributed by atoms with E-state index in [9.17, 15) is 8.78 Å². The molecule has 82 valence electrons. The Hall–Kier alpha value is -0.640. The number of hydrogen-bond donors (Lipinski definition) is 1. The van der Waals surface area contributed by atoms with Gasteiger partial charge >= 0.3 is 0 Å². The van der Waals surface area contributed by atoms with Gasteiger partial charge in [0.05, 0.1) is 5.69 Å². The normalized spacial score (nSPS) is 15.4. The Balaban J connectivity index is 1.99. The molecular formula is C11H12BrF2N. The second-order valence-electron chi connectivity index (χ2n) is 3.90. The molecule has 0 bridgehead atoms. The highest BCUT2D eigenvalue weighted by Gasteiger charge is 2.20. The molecule has 1 saturated carbocycles.